The average molecular weight is 316 g/mol. The fourth-order valence-corrected chi connectivity index (χ4v) is 4.28. The maximum Gasteiger partial charge on any atom is 0.303 e. The van der Waals surface area contributed by atoms with Gasteiger partial charge in [-0.1, -0.05) is 6.07 Å². The molecule has 1 aromatic heterocycles. The van der Waals surface area contributed by atoms with Crippen LogP contribution in [-0.4, -0.2) is 34.0 Å². The van der Waals surface area contributed by atoms with E-state index < -0.39 is 5.97 Å². The summed E-state index contributed by atoms with van der Waals surface area (Å²) in [6, 6.07) is 4.27. The second kappa shape index (κ2) is 7.00. The van der Waals surface area contributed by atoms with E-state index in [2.05, 4.69) is 22.0 Å². The van der Waals surface area contributed by atoms with Crippen molar-refractivity contribution in [3.05, 3.63) is 29.6 Å². The van der Waals surface area contributed by atoms with Gasteiger partial charge in [-0.3, -0.25) is 14.7 Å². The molecule has 2 heterocycles. The third kappa shape index (κ3) is 4.31. The Morgan fingerprint density at radius 1 is 1.26 bits per heavy atom. The number of carboxylic acids is 1. The second-order valence-electron chi connectivity index (χ2n) is 7.63. The molecule has 4 heteroatoms. The zero-order valence-electron chi connectivity index (χ0n) is 14.1. The first-order valence-electron chi connectivity index (χ1n) is 8.90. The third-order valence-corrected chi connectivity index (χ3v) is 5.92. The van der Waals surface area contributed by atoms with Crippen LogP contribution < -0.4 is 0 Å². The van der Waals surface area contributed by atoms with E-state index in [1.54, 1.807) is 0 Å². The smallest absolute Gasteiger partial charge is 0.303 e. The van der Waals surface area contributed by atoms with E-state index in [1.807, 2.05) is 13.1 Å². The minimum Gasteiger partial charge on any atom is -0.481 e. The Morgan fingerprint density at radius 2 is 1.96 bits per heavy atom. The van der Waals surface area contributed by atoms with Crippen LogP contribution in [0.4, 0.5) is 0 Å². The molecule has 0 amide bonds. The van der Waals surface area contributed by atoms with E-state index in [4.69, 9.17) is 5.11 Å². The first-order chi connectivity index (χ1) is 11.0. The number of piperidine rings is 1. The van der Waals surface area contributed by atoms with Gasteiger partial charge in [0.1, 0.15) is 0 Å². The van der Waals surface area contributed by atoms with E-state index in [1.165, 1.54) is 31.2 Å². The van der Waals surface area contributed by atoms with Crippen molar-refractivity contribution in [3.63, 3.8) is 0 Å². The second-order valence-corrected chi connectivity index (χ2v) is 7.63. The summed E-state index contributed by atoms with van der Waals surface area (Å²) in [4.78, 5) is 17.8. The summed E-state index contributed by atoms with van der Waals surface area (Å²) in [6.07, 6.45) is 9.57. The predicted molar refractivity (Wildman–Crippen MR) is 90.1 cm³/mol. The highest BCUT2D eigenvalue weighted by Gasteiger charge is 2.38. The van der Waals surface area contributed by atoms with Gasteiger partial charge in [0.15, 0.2) is 0 Å². The molecule has 1 spiro atoms. The summed E-state index contributed by atoms with van der Waals surface area (Å²) in [5, 5.41) is 8.95. The molecule has 4 nitrogen and oxygen atoms in total. The van der Waals surface area contributed by atoms with Crippen molar-refractivity contribution < 1.29 is 9.90 Å². The fraction of sp³-hybridized carbons (Fsp3) is 0.684. The number of hydrogen-bond donors (Lipinski definition) is 1. The molecule has 0 bridgehead atoms. The molecule has 0 atom stereocenters. The van der Waals surface area contributed by atoms with Crippen LogP contribution in [0.1, 0.15) is 56.2 Å². The van der Waals surface area contributed by atoms with Crippen molar-refractivity contribution in [2.24, 2.45) is 11.3 Å². The van der Waals surface area contributed by atoms with Gasteiger partial charge in [-0.15, -0.1) is 0 Å². The summed E-state index contributed by atoms with van der Waals surface area (Å²) >= 11 is 0. The highest BCUT2D eigenvalue weighted by atomic mass is 16.4. The van der Waals surface area contributed by atoms with E-state index in [9.17, 15) is 4.79 Å². The van der Waals surface area contributed by atoms with Crippen molar-refractivity contribution in [3.8, 4) is 0 Å². The molecule has 23 heavy (non-hydrogen) atoms. The van der Waals surface area contributed by atoms with Gasteiger partial charge >= 0.3 is 5.97 Å². The van der Waals surface area contributed by atoms with Gasteiger partial charge in [0.25, 0.3) is 0 Å². The molecular formula is C19H28N2O2. The molecule has 1 saturated carbocycles. The number of rotatable bonds is 4. The average Bonchev–Trinajstić information content (AvgIpc) is 2.54. The molecular weight excluding hydrogens is 288 g/mol. The van der Waals surface area contributed by atoms with Gasteiger partial charge in [-0.25, -0.2) is 0 Å². The minimum atomic E-state index is -0.632. The molecule has 1 saturated heterocycles. The Balaban J connectivity index is 1.47. The molecule has 1 aliphatic heterocycles. The first-order valence-corrected chi connectivity index (χ1v) is 8.90. The van der Waals surface area contributed by atoms with Gasteiger partial charge in [0, 0.05) is 24.9 Å². The number of nitrogens with zero attached hydrogens (tertiary/aromatic N) is 2. The molecule has 0 unspecified atom stereocenters. The van der Waals surface area contributed by atoms with Gasteiger partial charge in [-0.05, 0) is 81.5 Å². The lowest BCUT2D eigenvalue weighted by Crippen LogP contribution is -2.41. The number of hydrogen-bond acceptors (Lipinski definition) is 3. The Morgan fingerprint density at radius 3 is 2.52 bits per heavy atom. The van der Waals surface area contributed by atoms with Crippen LogP contribution in [0.25, 0.3) is 0 Å². The predicted octanol–water partition coefficient (Wildman–Crippen LogP) is 3.64. The van der Waals surface area contributed by atoms with Crippen molar-refractivity contribution in [2.45, 2.75) is 58.4 Å². The van der Waals surface area contributed by atoms with E-state index in [-0.39, 0.29) is 0 Å². The normalized spacial score (nSPS) is 22.3. The van der Waals surface area contributed by atoms with Crippen molar-refractivity contribution in [1.29, 1.82) is 0 Å². The Bertz CT molecular complexity index is 523. The zero-order chi connectivity index (χ0) is 16.3. The highest BCUT2D eigenvalue weighted by molar-refractivity contribution is 5.67. The maximum absolute atomic E-state index is 10.9. The van der Waals surface area contributed by atoms with Crippen molar-refractivity contribution in [1.82, 2.24) is 9.88 Å². The number of likely N-dealkylation sites (tertiary alicyclic amines) is 1. The number of aromatic nitrogens is 1. The lowest BCUT2D eigenvalue weighted by Gasteiger charge is -2.46. The van der Waals surface area contributed by atoms with E-state index >= 15 is 0 Å². The van der Waals surface area contributed by atoms with Crippen LogP contribution in [-0.2, 0) is 11.3 Å². The lowest BCUT2D eigenvalue weighted by atomic mass is 9.65. The topological polar surface area (TPSA) is 53.4 Å². The Kier molecular flexibility index (Phi) is 5.00. The van der Waals surface area contributed by atoms with Gasteiger partial charge in [-0.2, -0.15) is 0 Å². The first kappa shape index (κ1) is 16.4. The van der Waals surface area contributed by atoms with Crippen LogP contribution >= 0.6 is 0 Å². The Hall–Kier alpha value is -1.42. The number of pyridine rings is 1. The van der Waals surface area contributed by atoms with Crippen LogP contribution in [0.15, 0.2) is 18.3 Å². The van der Waals surface area contributed by atoms with E-state index in [0.717, 1.165) is 38.2 Å². The SMILES string of the molecule is Cc1ccc(CN2CCC3(CCC(CC(=O)O)CC3)CC2)cn1. The maximum atomic E-state index is 10.9. The number of carbonyl (C=O) groups is 1. The summed E-state index contributed by atoms with van der Waals surface area (Å²) in [7, 11) is 0. The highest BCUT2D eigenvalue weighted by Crippen LogP contribution is 2.47. The molecule has 1 aliphatic carbocycles. The zero-order valence-corrected chi connectivity index (χ0v) is 14.1. The van der Waals surface area contributed by atoms with E-state index in [0.29, 0.717) is 17.8 Å². The molecule has 3 rings (SSSR count). The molecule has 0 aromatic carbocycles. The van der Waals surface area contributed by atoms with Crippen molar-refractivity contribution in [2.75, 3.05) is 13.1 Å². The largest absolute Gasteiger partial charge is 0.481 e. The number of aliphatic carboxylic acids is 1. The molecule has 1 aromatic rings. The van der Waals surface area contributed by atoms with Crippen LogP contribution in [0.5, 0.6) is 0 Å². The fourth-order valence-electron chi connectivity index (χ4n) is 4.28. The quantitative estimate of drug-likeness (QED) is 0.921. The monoisotopic (exact) mass is 316 g/mol. The van der Waals surface area contributed by atoms with Crippen LogP contribution in [0.3, 0.4) is 0 Å². The molecule has 1 N–H and O–H groups in total. The minimum absolute atomic E-state index is 0.364. The third-order valence-electron chi connectivity index (χ3n) is 5.92. The van der Waals surface area contributed by atoms with Gasteiger partial charge in [0.2, 0.25) is 0 Å². The number of carboxylic acid groups (broad SMARTS) is 1. The molecule has 126 valence electrons. The summed E-state index contributed by atoms with van der Waals surface area (Å²) in [6.45, 7) is 5.36. The molecule has 2 aliphatic rings. The lowest BCUT2D eigenvalue weighted by molar-refractivity contribution is -0.138. The van der Waals surface area contributed by atoms with Gasteiger partial charge in [0.05, 0.1) is 0 Å². The molecule has 2 fully saturated rings. The molecule has 0 radical (unpaired) electrons. The van der Waals surface area contributed by atoms with Crippen molar-refractivity contribution >= 4 is 5.97 Å². The summed E-state index contributed by atoms with van der Waals surface area (Å²) in [5.41, 5.74) is 2.87. The Labute approximate surface area is 138 Å². The van der Waals surface area contributed by atoms with Crippen LogP contribution in [0.2, 0.25) is 0 Å². The summed E-state index contributed by atoms with van der Waals surface area (Å²) in [5.74, 6) is -0.220. The van der Waals surface area contributed by atoms with Crippen LogP contribution in [0, 0.1) is 18.3 Å². The van der Waals surface area contributed by atoms with Gasteiger partial charge < -0.3 is 5.11 Å². The summed E-state index contributed by atoms with van der Waals surface area (Å²) < 4.78 is 0. The standard InChI is InChI=1S/C19H28N2O2/c1-15-2-3-17(13-20-15)14-21-10-8-19(9-11-21)6-4-16(5-7-19)12-18(22)23/h2-3,13,16H,4-12,14H2,1H3,(H,22,23). The number of aryl methyl sites for hydroxylation is 1.